The average Bonchev–Trinajstić information content (AvgIpc) is 3.43. The Hall–Kier alpha value is -3.22. The van der Waals surface area contributed by atoms with Gasteiger partial charge in [-0.2, -0.15) is 0 Å². The fourth-order valence-corrected chi connectivity index (χ4v) is 4.31. The largest absolute Gasteiger partial charge is 0.508 e. The SMILES string of the molecule is NCCCCC(NC(=O)C(CCCCN)NC(=O)C(Cc1ccc(O)cc1)NC(=O)C1CCCN1)C(=O)O. The molecule has 0 radical (unpaired) electrons. The van der Waals surface area contributed by atoms with Crippen LogP contribution in [0.25, 0.3) is 0 Å². The first-order valence-electron chi connectivity index (χ1n) is 13.3. The minimum atomic E-state index is -1.16. The van der Waals surface area contributed by atoms with Gasteiger partial charge in [-0.15, -0.1) is 0 Å². The lowest BCUT2D eigenvalue weighted by Gasteiger charge is -2.25. The van der Waals surface area contributed by atoms with Crippen molar-refractivity contribution in [3.63, 3.8) is 0 Å². The molecule has 212 valence electrons. The van der Waals surface area contributed by atoms with Gasteiger partial charge in [0.05, 0.1) is 6.04 Å². The summed E-state index contributed by atoms with van der Waals surface area (Å²) in [7, 11) is 0. The lowest BCUT2D eigenvalue weighted by molar-refractivity contribution is -0.142. The Morgan fingerprint density at radius 3 is 2.00 bits per heavy atom. The number of phenolic OH excluding ortho intramolecular Hbond substituents is 1. The fourth-order valence-electron chi connectivity index (χ4n) is 4.31. The van der Waals surface area contributed by atoms with Crippen LogP contribution in [0.1, 0.15) is 56.9 Å². The van der Waals surface area contributed by atoms with Crippen LogP contribution in [0.5, 0.6) is 5.75 Å². The van der Waals surface area contributed by atoms with Crippen LogP contribution in [0.4, 0.5) is 0 Å². The predicted octanol–water partition coefficient (Wildman–Crippen LogP) is -0.516. The first-order valence-corrected chi connectivity index (χ1v) is 13.3. The molecule has 1 aliphatic heterocycles. The zero-order chi connectivity index (χ0) is 27.9. The Morgan fingerprint density at radius 2 is 1.45 bits per heavy atom. The number of nitrogens with two attached hydrogens (primary N) is 2. The quantitative estimate of drug-likeness (QED) is 0.121. The Labute approximate surface area is 223 Å². The molecule has 1 aromatic rings. The molecule has 10 N–H and O–H groups in total. The Morgan fingerprint density at radius 1 is 0.868 bits per heavy atom. The van der Waals surface area contributed by atoms with Crippen LogP contribution in [-0.4, -0.2) is 77.7 Å². The van der Waals surface area contributed by atoms with Gasteiger partial charge in [-0.3, -0.25) is 14.4 Å². The van der Waals surface area contributed by atoms with Crippen molar-refractivity contribution in [2.24, 2.45) is 11.5 Å². The number of unbranched alkanes of at least 4 members (excludes halogenated alkanes) is 2. The third-order valence-corrected chi connectivity index (χ3v) is 6.53. The number of amides is 3. The standard InChI is InChI=1S/C26H42N6O6/c27-13-3-1-6-20(24(35)31-21(26(37)38)7-2-4-14-28)30-25(36)22(16-17-9-11-18(33)12-10-17)32-23(34)19-8-5-15-29-19/h9-12,19-22,29,33H,1-8,13-16,27-28H2,(H,30,36)(H,31,35)(H,32,34)(H,37,38). The summed E-state index contributed by atoms with van der Waals surface area (Å²) in [5, 5.41) is 30.3. The van der Waals surface area contributed by atoms with E-state index in [2.05, 4.69) is 21.3 Å². The van der Waals surface area contributed by atoms with Crippen molar-refractivity contribution < 1.29 is 29.4 Å². The van der Waals surface area contributed by atoms with E-state index in [0.717, 1.165) is 6.42 Å². The van der Waals surface area contributed by atoms with Crippen LogP contribution in [0.3, 0.4) is 0 Å². The van der Waals surface area contributed by atoms with Gasteiger partial charge in [0.2, 0.25) is 17.7 Å². The molecule has 12 nitrogen and oxygen atoms in total. The molecular weight excluding hydrogens is 492 g/mol. The molecule has 0 spiro atoms. The maximum absolute atomic E-state index is 13.4. The molecule has 2 rings (SSSR count). The molecule has 1 fully saturated rings. The predicted molar refractivity (Wildman–Crippen MR) is 142 cm³/mol. The molecule has 0 saturated carbocycles. The van der Waals surface area contributed by atoms with E-state index in [0.29, 0.717) is 57.3 Å². The molecule has 3 amide bonds. The highest BCUT2D eigenvalue weighted by Gasteiger charge is 2.31. The van der Waals surface area contributed by atoms with E-state index >= 15 is 0 Å². The second-order valence-corrected chi connectivity index (χ2v) is 9.61. The summed E-state index contributed by atoms with van der Waals surface area (Å²) in [5.74, 6) is -2.57. The average molecular weight is 535 g/mol. The minimum Gasteiger partial charge on any atom is -0.508 e. The monoisotopic (exact) mass is 534 g/mol. The molecule has 4 atom stereocenters. The number of rotatable bonds is 17. The summed E-state index contributed by atoms with van der Waals surface area (Å²) in [4.78, 5) is 51.0. The van der Waals surface area contributed by atoms with E-state index in [9.17, 15) is 29.4 Å². The number of aromatic hydroxyl groups is 1. The van der Waals surface area contributed by atoms with Crippen molar-refractivity contribution in [3.8, 4) is 5.75 Å². The maximum atomic E-state index is 13.4. The van der Waals surface area contributed by atoms with Crippen LogP contribution in [0.2, 0.25) is 0 Å². The van der Waals surface area contributed by atoms with Crippen molar-refractivity contribution >= 4 is 23.7 Å². The van der Waals surface area contributed by atoms with Crippen LogP contribution < -0.4 is 32.7 Å². The fraction of sp³-hybridized carbons (Fsp3) is 0.615. The highest BCUT2D eigenvalue weighted by molar-refractivity contribution is 5.94. The Balaban J connectivity index is 2.17. The third-order valence-electron chi connectivity index (χ3n) is 6.53. The number of benzene rings is 1. The summed E-state index contributed by atoms with van der Waals surface area (Å²) in [5.41, 5.74) is 11.8. The summed E-state index contributed by atoms with van der Waals surface area (Å²) in [6.07, 6.45) is 4.46. The molecule has 12 heteroatoms. The van der Waals surface area contributed by atoms with Gasteiger partial charge in [0.1, 0.15) is 23.9 Å². The highest BCUT2D eigenvalue weighted by Crippen LogP contribution is 2.13. The summed E-state index contributed by atoms with van der Waals surface area (Å²) >= 11 is 0. The number of hydrogen-bond acceptors (Lipinski definition) is 8. The van der Waals surface area contributed by atoms with Gasteiger partial charge in [0.15, 0.2) is 0 Å². The highest BCUT2D eigenvalue weighted by atomic mass is 16.4. The van der Waals surface area contributed by atoms with Crippen molar-refractivity contribution in [2.45, 2.75) is 82.0 Å². The number of carboxylic acids is 1. The van der Waals surface area contributed by atoms with E-state index in [4.69, 9.17) is 11.5 Å². The molecule has 1 heterocycles. The van der Waals surface area contributed by atoms with Crippen molar-refractivity contribution in [2.75, 3.05) is 19.6 Å². The first kappa shape index (κ1) is 31.0. The number of carboxylic acid groups (broad SMARTS) is 1. The number of carbonyl (C=O) groups is 4. The molecule has 38 heavy (non-hydrogen) atoms. The van der Waals surface area contributed by atoms with Crippen LogP contribution in [-0.2, 0) is 25.6 Å². The van der Waals surface area contributed by atoms with Gasteiger partial charge in [-0.1, -0.05) is 12.1 Å². The molecule has 0 aromatic heterocycles. The first-order chi connectivity index (χ1) is 18.2. The van der Waals surface area contributed by atoms with E-state index in [1.807, 2.05) is 0 Å². The zero-order valence-electron chi connectivity index (χ0n) is 21.8. The van der Waals surface area contributed by atoms with E-state index in [1.54, 1.807) is 12.1 Å². The molecule has 1 aliphatic rings. The normalized spacial score (nSPS) is 17.3. The molecule has 0 bridgehead atoms. The van der Waals surface area contributed by atoms with Gasteiger partial charge in [0, 0.05) is 6.42 Å². The number of carbonyl (C=O) groups excluding carboxylic acids is 3. The van der Waals surface area contributed by atoms with Gasteiger partial charge in [-0.25, -0.2) is 4.79 Å². The Kier molecular flexibility index (Phi) is 13.5. The molecule has 0 aliphatic carbocycles. The van der Waals surface area contributed by atoms with E-state index in [1.165, 1.54) is 12.1 Å². The third kappa shape index (κ3) is 10.6. The van der Waals surface area contributed by atoms with Gasteiger partial charge in [-0.05, 0) is 88.7 Å². The van der Waals surface area contributed by atoms with Gasteiger partial charge in [0.25, 0.3) is 0 Å². The number of nitrogens with one attached hydrogen (secondary N) is 4. The van der Waals surface area contributed by atoms with Crippen LogP contribution >= 0.6 is 0 Å². The van der Waals surface area contributed by atoms with Gasteiger partial charge >= 0.3 is 5.97 Å². The van der Waals surface area contributed by atoms with Crippen LogP contribution in [0.15, 0.2) is 24.3 Å². The lowest BCUT2D eigenvalue weighted by Crippen LogP contribution is -2.57. The topological polar surface area (TPSA) is 209 Å². The van der Waals surface area contributed by atoms with E-state index < -0.39 is 42.0 Å². The molecule has 4 unspecified atom stereocenters. The minimum absolute atomic E-state index is 0.0741. The summed E-state index contributed by atoms with van der Waals surface area (Å²) in [6.45, 7) is 1.54. The van der Waals surface area contributed by atoms with Crippen molar-refractivity contribution in [3.05, 3.63) is 29.8 Å². The zero-order valence-corrected chi connectivity index (χ0v) is 21.8. The molecular formula is C26H42N6O6. The van der Waals surface area contributed by atoms with Crippen molar-refractivity contribution in [1.82, 2.24) is 21.3 Å². The second kappa shape index (κ2) is 16.6. The second-order valence-electron chi connectivity index (χ2n) is 9.61. The molecule has 1 aromatic carbocycles. The summed E-state index contributed by atoms with van der Waals surface area (Å²) in [6, 6.07) is 2.78. The maximum Gasteiger partial charge on any atom is 0.326 e. The number of hydrogen-bond donors (Lipinski definition) is 8. The lowest BCUT2D eigenvalue weighted by atomic mass is 10.0. The molecule has 1 saturated heterocycles. The number of aliphatic carboxylic acids is 1. The smallest absolute Gasteiger partial charge is 0.326 e. The van der Waals surface area contributed by atoms with Crippen molar-refractivity contribution in [1.29, 1.82) is 0 Å². The summed E-state index contributed by atoms with van der Waals surface area (Å²) < 4.78 is 0. The number of phenols is 1. The van der Waals surface area contributed by atoms with Crippen LogP contribution in [0, 0.1) is 0 Å². The Bertz CT molecular complexity index is 906. The van der Waals surface area contributed by atoms with E-state index in [-0.39, 0.29) is 30.9 Å². The van der Waals surface area contributed by atoms with Gasteiger partial charge < -0.3 is 42.9 Å².